The number of pyridine rings is 1. The predicted octanol–water partition coefficient (Wildman–Crippen LogP) is 14.8. The molecule has 0 saturated carbocycles. The Morgan fingerprint density at radius 2 is 1.14 bits per heavy atom. The normalized spacial score (nSPS) is 18.4. The van der Waals surface area contributed by atoms with Crippen LogP contribution in [0.25, 0.3) is 98.7 Å². The molecule has 264 valence electrons. The molecule has 0 spiro atoms. The fourth-order valence-electron chi connectivity index (χ4n) is 11.3. The van der Waals surface area contributed by atoms with Gasteiger partial charge in [0, 0.05) is 29.1 Å². The van der Waals surface area contributed by atoms with Crippen molar-refractivity contribution < 1.29 is 0 Å². The van der Waals surface area contributed by atoms with Crippen LogP contribution in [0.3, 0.4) is 0 Å². The molecule has 9 aromatic rings. The zero-order valence-corrected chi connectivity index (χ0v) is 31.4. The largest absolute Gasteiger partial charge is 0.264 e. The number of fused-ring (bicyclic) bond motifs is 11. The number of aromatic nitrogens is 1. The van der Waals surface area contributed by atoms with Crippen molar-refractivity contribution in [3.8, 4) is 44.5 Å². The van der Waals surface area contributed by atoms with Gasteiger partial charge >= 0.3 is 0 Å². The molecule has 1 heterocycles. The van der Waals surface area contributed by atoms with E-state index < -0.39 is 0 Å². The maximum Gasteiger partial charge on any atom is 0.0353 e. The summed E-state index contributed by atoms with van der Waals surface area (Å²) in [6.45, 7) is 2.51. The van der Waals surface area contributed by atoms with Crippen molar-refractivity contribution in [1.82, 2.24) is 4.98 Å². The van der Waals surface area contributed by atoms with Crippen molar-refractivity contribution in [1.29, 1.82) is 0 Å². The van der Waals surface area contributed by atoms with E-state index in [0.29, 0.717) is 0 Å². The molecule has 0 bridgehead atoms. The van der Waals surface area contributed by atoms with Gasteiger partial charge in [0.2, 0.25) is 0 Å². The first-order valence-electron chi connectivity index (χ1n) is 20.1. The number of hydrogen-bond acceptors (Lipinski definition) is 1. The second-order valence-electron chi connectivity index (χ2n) is 16.3. The van der Waals surface area contributed by atoms with E-state index in [1.807, 2.05) is 6.20 Å². The van der Waals surface area contributed by atoms with Crippen LogP contribution >= 0.6 is 0 Å². The highest BCUT2D eigenvalue weighted by atomic mass is 14.6. The minimum atomic E-state index is -0.293. The number of benzene rings is 8. The first-order chi connectivity index (χ1) is 28.2. The fraction of sp³-hybridized carbons (Fsp3) is 0.0536. The average Bonchev–Trinajstić information content (AvgIpc) is 3.73. The lowest BCUT2D eigenvalue weighted by Crippen LogP contribution is -2.27. The summed E-state index contributed by atoms with van der Waals surface area (Å²) in [5.74, 6) is 0.142. The van der Waals surface area contributed by atoms with E-state index in [9.17, 15) is 0 Å². The van der Waals surface area contributed by atoms with Crippen LogP contribution in [-0.2, 0) is 0 Å². The summed E-state index contributed by atoms with van der Waals surface area (Å²) in [6.07, 6.45) is 16.2. The molecule has 1 aromatic heterocycles. The molecule has 4 aliphatic rings. The van der Waals surface area contributed by atoms with Gasteiger partial charge in [-0.05, 0) is 134 Å². The van der Waals surface area contributed by atoms with Crippen molar-refractivity contribution in [2.24, 2.45) is 5.41 Å². The minimum Gasteiger partial charge on any atom is -0.264 e. The van der Waals surface area contributed by atoms with Crippen molar-refractivity contribution in [3.05, 3.63) is 211 Å². The Labute approximate surface area is 331 Å². The molecular weight excluding hydrogens is 687 g/mol. The van der Waals surface area contributed by atoms with E-state index in [1.54, 1.807) is 0 Å². The Balaban J connectivity index is 1.12. The van der Waals surface area contributed by atoms with Crippen LogP contribution in [-0.4, -0.2) is 4.98 Å². The van der Waals surface area contributed by atoms with Crippen LogP contribution in [0.4, 0.5) is 0 Å². The van der Waals surface area contributed by atoms with E-state index in [0.717, 1.165) is 0 Å². The van der Waals surface area contributed by atoms with Gasteiger partial charge < -0.3 is 0 Å². The molecule has 0 N–H and O–H groups in total. The highest BCUT2D eigenvalue weighted by Gasteiger charge is 2.52. The minimum absolute atomic E-state index is 0.142. The highest BCUT2D eigenvalue weighted by Crippen LogP contribution is 2.68. The van der Waals surface area contributed by atoms with Crippen molar-refractivity contribution in [3.63, 3.8) is 0 Å². The zero-order chi connectivity index (χ0) is 37.4. The average molecular weight is 722 g/mol. The fourth-order valence-corrected chi connectivity index (χ4v) is 11.3. The van der Waals surface area contributed by atoms with E-state index in [4.69, 9.17) is 4.98 Å². The number of nitrogens with zero attached hydrogens (tertiary/aromatic N) is 1. The summed E-state index contributed by atoms with van der Waals surface area (Å²) >= 11 is 0. The molecular formula is C56H35N. The Morgan fingerprint density at radius 1 is 0.491 bits per heavy atom. The van der Waals surface area contributed by atoms with Crippen LogP contribution in [0.5, 0.6) is 0 Å². The van der Waals surface area contributed by atoms with Crippen LogP contribution < -0.4 is 0 Å². The maximum absolute atomic E-state index is 4.74. The van der Waals surface area contributed by atoms with E-state index in [-0.39, 0.29) is 11.3 Å². The Morgan fingerprint density at radius 3 is 1.95 bits per heavy atom. The molecule has 2 atom stereocenters. The van der Waals surface area contributed by atoms with Gasteiger partial charge in [-0.15, -0.1) is 0 Å². The summed E-state index contributed by atoms with van der Waals surface area (Å²) in [5, 5.41) is 10.4. The summed E-state index contributed by atoms with van der Waals surface area (Å²) in [4.78, 5) is 4.74. The predicted molar refractivity (Wildman–Crippen MR) is 240 cm³/mol. The third kappa shape index (κ3) is 3.96. The van der Waals surface area contributed by atoms with Crippen molar-refractivity contribution in [2.45, 2.75) is 12.8 Å². The number of allylic oxidation sites excluding steroid dienone is 8. The molecule has 57 heavy (non-hydrogen) atoms. The standard InChI is InChI=1S/C56H35N/c1-56-48-24-13-25-49(56)54-52(34-16-6-3-7-17-34)47-32-57-29-28-42(47)51(33-14-4-2-5-15-33)55(54)50(56)27-26-39(48)43-30-45-41-23-12-22-40-35-18-8-11-21-38(35)46(53(40)41)31-44(45)37-20-10-9-19-36(37)43/h2-32,50H,1H3. The van der Waals surface area contributed by atoms with Gasteiger partial charge in [0.25, 0.3) is 0 Å². The molecule has 4 aliphatic carbocycles. The SMILES string of the molecule is CC12C3=CC=CC1=C(c1cc4c5cccc6c5c(cc4c4ccccc14)-c1ccccc1-6)C=CC2c1c3c(-c2ccccc2)c2cnccc2c1-c1ccccc1. The lowest BCUT2D eigenvalue weighted by atomic mass is 9.63. The van der Waals surface area contributed by atoms with Crippen LogP contribution in [0.2, 0.25) is 0 Å². The second-order valence-corrected chi connectivity index (χ2v) is 16.3. The lowest BCUT2D eigenvalue weighted by molar-refractivity contribution is 0.505. The zero-order valence-electron chi connectivity index (χ0n) is 31.4. The first kappa shape index (κ1) is 31.2. The third-order valence-electron chi connectivity index (χ3n) is 13.7. The molecule has 0 saturated heterocycles. The molecule has 0 aliphatic heterocycles. The molecule has 1 nitrogen and oxygen atoms in total. The molecule has 0 amide bonds. The Kier molecular flexibility index (Phi) is 6.15. The molecule has 0 radical (unpaired) electrons. The first-order valence-corrected chi connectivity index (χ1v) is 20.1. The molecule has 2 unspecified atom stereocenters. The summed E-state index contributed by atoms with van der Waals surface area (Å²) in [6, 6.07) is 54.1. The van der Waals surface area contributed by atoms with Gasteiger partial charge in [-0.25, -0.2) is 0 Å². The van der Waals surface area contributed by atoms with Gasteiger partial charge in [0.15, 0.2) is 0 Å². The molecule has 1 heteroatoms. The number of rotatable bonds is 3. The van der Waals surface area contributed by atoms with E-state index in [1.165, 1.54) is 121 Å². The van der Waals surface area contributed by atoms with Gasteiger partial charge in [0.1, 0.15) is 0 Å². The molecule has 8 aromatic carbocycles. The monoisotopic (exact) mass is 721 g/mol. The molecule has 0 fully saturated rings. The van der Waals surface area contributed by atoms with Gasteiger partial charge in [-0.2, -0.15) is 0 Å². The Hall–Kier alpha value is -7.09. The quantitative estimate of drug-likeness (QED) is 0.166. The lowest BCUT2D eigenvalue weighted by Gasteiger charge is -2.40. The summed E-state index contributed by atoms with van der Waals surface area (Å²) in [7, 11) is 0. The van der Waals surface area contributed by atoms with Gasteiger partial charge in [-0.3, -0.25) is 4.98 Å². The third-order valence-corrected chi connectivity index (χ3v) is 13.7. The van der Waals surface area contributed by atoms with Crippen LogP contribution in [0.15, 0.2) is 194 Å². The van der Waals surface area contributed by atoms with Crippen LogP contribution in [0, 0.1) is 5.41 Å². The number of hydrogen-bond donors (Lipinski definition) is 0. The van der Waals surface area contributed by atoms with E-state index >= 15 is 0 Å². The second kappa shape index (κ2) is 11.2. The smallest absolute Gasteiger partial charge is 0.0353 e. The van der Waals surface area contributed by atoms with Gasteiger partial charge in [-0.1, -0.05) is 165 Å². The van der Waals surface area contributed by atoms with Crippen molar-refractivity contribution in [2.75, 3.05) is 0 Å². The molecule has 13 rings (SSSR count). The summed E-state index contributed by atoms with van der Waals surface area (Å²) < 4.78 is 0. The topological polar surface area (TPSA) is 12.9 Å². The van der Waals surface area contributed by atoms with E-state index in [2.05, 4.69) is 189 Å². The van der Waals surface area contributed by atoms with Crippen molar-refractivity contribution >= 4 is 54.2 Å². The van der Waals surface area contributed by atoms with Gasteiger partial charge in [0.05, 0.1) is 0 Å². The summed E-state index contributed by atoms with van der Waals surface area (Å²) in [5.41, 5.74) is 18.3. The Bertz CT molecular complexity index is 3400. The van der Waals surface area contributed by atoms with Crippen LogP contribution in [0.1, 0.15) is 29.5 Å². The highest BCUT2D eigenvalue weighted by molar-refractivity contribution is 6.28. The maximum atomic E-state index is 4.74.